The maximum Gasteiger partial charge on any atom is 0.301 e. The number of anilines is 1. The monoisotopic (exact) mass is 526 g/mol. The fourth-order valence-corrected chi connectivity index (χ4v) is 5.74. The lowest BCUT2D eigenvalue weighted by atomic mass is 9.85. The van der Waals surface area contributed by atoms with Crippen LogP contribution in [0.25, 0.3) is 16.0 Å². The molecule has 1 unspecified atom stereocenters. The Morgan fingerprint density at radius 3 is 2.39 bits per heavy atom. The number of ether oxygens (including phenoxy) is 1. The molecule has 2 heterocycles. The molecular formula is C31H30N2O4S. The Morgan fingerprint density at radius 2 is 1.76 bits per heavy atom. The molecular weight excluding hydrogens is 496 g/mol. The van der Waals surface area contributed by atoms with E-state index in [0.29, 0.717) is 23.1 Å². The number of benzene rings is 3. The summed E-state index contributed by atoms with van der Waals surface area (Å²) >= 11 is 1.35. The average molecular weight is 527 g/mol. The second-order valence-corrected chi connectivity index (χ2v) is 11.4. The number of hydrogen-bond acceptors (Lipinski definition) is 6. The zero-order valence-electron chi connectivity index (χ0n) is 22.1. The number of Topliss-reactive ketones (excluding diaryl/α,β-unsaturated/α-hetero) is 1. The molecule has 1 amide bonds. The maximum absolute atomic E-state index is 13.5. The molecule has 0 aliphatic carbocycles. The van der Waals surface area contributed by atoms with Gasteiger partial charge in [-0.2, -0.15) is 0 Å². The predicted molar refractivity (Wildman–Crippen MR) is 152 cm³/mol. The number of carbonyl (C=O) groups is 2. The van der Waals surface area contributed by atoms with Crippen molar-refractivity contribution in [3.63, 3.8) is 0 Å². The number of aliphatic hydroxyl groups is 1. The van der Waals surface area contributed by atoms with E-state index in [1.54, 1.807) is 18.2 Å². The summed E-state index contributed by atoms with van der Waals surface area (Å²) in [7, 11) is 0. The molecule has 1 fully saturated rings. The van der Waals surface area contributed by atoms with Crippen molar-refractivity contribution in [2.24, 2.45) is 0 Å². The first kappa shape index (κ1) is 25.7. The first-order valence-corrected chi connectivity index (χ1v) is 13.4. The molecule has 1 N–H and O–H groups in total. The van der Waals surface area contributed by atoms with Crippen LogP contribution in [0.4, 0.5) is 5.13 Å². The molecule has 4 aromatic rings. The number of rotatable bonds is 5. The van der Waals surface area contributed by atoms with Gasteiger partial charge < -0.3 is 9.84 Å². The summed E-state index contributed by atoms with van der Waals surface area (Å²) in [5.41, 5.74) is 3.85. The van der Waals surface area contributed by atoms with E-state index in [2.05, 4.69) is 25.8 Å². The van der Waals surface area contributed by atoms with Crippen LogP contribution in [0.5, 0.6) is 5.75 Å². The van der Waals surface area contributed by atoms with Gasteiger partial charge in [0, 0.05) is 5.56 Å². The van der Waals surface area contributed by atoms with Crippen molar-refractivity contribution in [2.75, 3.05) is 11.5 Å². The Morgan fingerprint density at radius 1 is 1.05 bits per heavy atom. The van der Waals surface area contributed by atoms with E-state index < -0.39 is 17.7 Å². The normalized spacial score (nSPS) is 17.4. The highest BCUT2D eigenvalue weighted by molar-refractivity contribution is 7.22. The summed E-state index contributed by atoms with van der Waals surface area (Å²) in [4.78, 5) is 33.1. The average Bonchev–Trinajstić information content (AvgIpc) is 3.43. The van der Waals surface area contributed by atoms with E-state index in [4.69, 9.17) is 4.74 Å². The van der Waals surface area contributed by atoms with Gasteiger partial charge >= 0.3 is 5.91 Å². The number of carbonyl (C=O) groups excluding carboxylic acids is 2. The number of para-hydroxylation sites is 1. The summed E-state index contributed by atoms with van der Waals surface area (Å²) in [6.45, 7) is 10.7. The molecule has 194 valence electrons. The van der Waals surface area contributed by atoms with E-state index >= 15 is 0 Å². The number of hydrogen-bond donors (Lipinski definition) is 1. The van der Waals surface area contributed by atoms with Crippen LogP contribution in [0.1, 0.15) is 56.0 Å². The highest BCUT2D eigenvalue weighted by atomic mass is 32.1. The van der Waals surface area contributed by atoms with Crippen LogP contribution in [0.15, 0.2) is 72.3 Å². The quantitative estimate of drug-likeness (QED) is 0.173. The highest BCUT2D eigenvalue weighted by Gasteiger charge is 2.48. The zero-order chi connectivity index (χ0) is 27.2. The number of amides is 1. The fraction of sp³-hybridized carbons (Fsp3) is 0.258. The van der Waals surface area contributed by atoms with Gasteiger partial charge in [-0.05, 0) is 66.3 Å². The third-order valence-electron chi connectivity index (χ3n) is 6.77. The summed E-state index contributed by atoms with van der Waals surface area (Å²) in [5, 5.41) is 11.9. The van der Waals surface area contributed by atoms with Crippen LogP contribution in [-0.2, 0) is 15.0 Å². The van der Waals surface area contributed by atoms with Crippen LogP contribution in [0, 0.1) is 6.92 Å². The molecule has 1 aliphatic heterocycles. The summed E-state index contributed by atoms with van der Waals surface area (Å²) in [6.07, 6.45) is 0. The number of aryl methyl sites for hydroxylation is 1. The molecule has 0 radical (unpaired) electrons. The van der Waals surface area contributed by atoms with Crippen LogP contribution in [0.3, 0.4) is 0 Å². The molecule has 5 rings (SSSR count). The number of nitrogens with zero attached hydrogens (tertiary/aromatic N) is 2. The number of aromatic nitrogens is 1. The molecule has 1 atom stereocenters. The highest BCUT2D eigenvalue weighted by Crippen LogP contribution is 2.44. The fourth-order valence-electron chi connectivity index (χ4n) is 4.74. The molecule has 6 nitrogen and oxygen atoms in total. The zero-order valence-corrected chi connectivity index (χ0v) is 22.9. The Bertz CT molecular complexity index is 1540. The molecule has 1 aromatic heterocycles. The lowest BCUT2D eigenvalue weighted by Gasteiger charge is -2.25. The standard InChI is InChI=1S/C31H30N2O4S/c1-6-37-23-16-13-20(17-18(23)2)27(34)25-26(19-11-14-21(15-12-19)31(3,4)5)33(29(36)28(25)35)30-32-22-9-7-8-10-24(22)38-30/h7-17,26,34H,6H2,1-5H3/b27-25+. The molecule has 3 aromatic carbocycles. The van der Waals surface area contributed by atoms with Gasteiger partial charge in [0.15, 0.2) is 5.13 Å². The van der Waals surface area contributed by atoms with Crippen molar-refractivity contribution in [3.8, 4) is 5.75 Å². The van der Waals surface area contributed by atoms with Crippen molar-refractivity contribution in [3.05, 3.63) is 94.6 Å². The van der Waals surface area contributed by atoms with Crippen LogP contribution >= 0.6 is 11.3 Å². The third kappa shape index (κ3) is 4.47. The maximum atomic E-state index is 13.5. The van der Waals surface area contributed by atoms with Gasteiger partial charge in [0.05, 0.1) is 28.4 Å². The Balaban J connectivity index is 1.69. The minimum Gasteiger partial charge on any atom is -0.507 e. The minimum atomic E-state index is -0.823. The van der Waals surface area contributed by atoms with Crippen LogP contribution in [-0.4, -0.2) is 28.4 Å². The SMILES string of the molecule is CCOc1ccc(/C(O)=C2\C(=O)C(=O)N(c3nc4ccccc4s3)C2c2ccc(C(C)(C)C)cc2)cc1C. The van der Waals surface area contributed by atoms with Gasteiger partial charge in [-0.25, -0.2) is 4.98 Å². The number of thiazole rings is 1. The van der Waals surface area contributed by atoms with E-state index in [-0.39, 0.29) is 16.7 Å². The van der Waals surface area contributed by atoms with Crippen molar-refractivity contribution in [1.82, 2.24) is 4.98 Å². The predicted octanol–water partition coefficient (Wildman–Crippen LogP) is 6.93. The van der Waals surface area contributed by atoms with E-state index in [9.17, 15) is 14.7 Å². The van der Waals surface area contributed by atoms with Crippen molar-refractivity contribution < 1.29 is 19.4 Å². The Labute approximate surface area is 226 Å². The van der Waals surface area contributed by atoms with Gasteiger partial charge in [-0.15, -0.1) is 0 Å². The second kappa shape index (κ2) is 9.72. The van der Waals surface area contributed by atoms with Gasteiger partial charge in [-0.1, -0.05) is 68.5 Å². The summed E-state index contributed by atoms with van der Waals surface area (Å²) in [5.74, 6) is -0.965. The summed E-state index contributed by atoms with van der Waals surface area (Å²) < 4.78 is 6.54. The largest absolute Gasteiger partial charge is 0.507 e. The minimum absolute atomic E-state index is 0.0429. The topological polar surface area (TPSA) is 79.7 Å². The van der Waals surface area contributed by atoms with E-state index in [1.165, 1.54) is 16.2 Å². The molecule has 0 bridgehead atoms. The molecule has 1 saturated heterocycles. The Hall–Kier alpha value is -3.97. The van der Waals surface area contributed by atoms with Crippen molar-refractivity contribution in [1.29, 1.82) is 0 Å². The smallest absolute Gasteiger partial charge is 0.301 e. The molecule has 0 spiro atoms. The van der Waals surface area contributed by atoms with Gasteiger partial charge in [0.2, 0.25) is 0 Å². The number of aliphatic hydroxyl groups excluding tert-OH is 1. The van der Waals surface area contributed by atoms with Crippen LogP contribution < -0.4 is 9.64 Å². The van der Waals surface area contributed by atoms with Crippen molar-refractivity contribution >= 4 is 44.1 Å². The Kier molecular flexibility index (Phi) is 6.57. The number of ketones is 1. The first-order valence-electron chi connectivity index (χ1n) is 12.6. The molecule has 7 heteroatoms. The third-order valence-corrected chi connectivity index (χ3v) is 7.81. The summed E-state index contributed by atoms with van der Waals surface area (Å²) in [6, 6.07) is 19.9. The van der Waals surface area contributed by atoms with E-state index in [1.807, 2.05) is 62.4 Å². The van der Waals surface area contributed by atoms with Gasteiger partial charge in [-0.3, -0.25) is 14.5 Å². The lowest BCUT2D eigenvalue weighted by Crippen LogP contribution is -2.29. The lowest BCUT2D eigenvalue weighted by molar-refractivity contribution is -0.132. The first-order chi connectivity index (χ1) is 18.1. The van der Waals surface area contributed by atoms with Gasteiger partial charge in [0.1, 0.15) is 11.5 Å². The van der Waals surface area contributed by atoms with Crippen molar-refractivity contribution in [2.45, 2.75) is 46.1 Å². The van der Waals surface area contributed by atoms with Crippen LogP contribution in [0.2, 0.25) is 0 Å². The second-order valence-electron chi connectivity index (χ2n) is 10.4. The van der Waals surface area contributed by atoms with E-state index in [0.717, 1.165) is 26.9 Å². The van der Waals surface area contributed by atoms with Gasteiger partial charge in [0.25, 0.3) is 5.78 Å². The molecule has 1 aliphatic rings. The molecule has 0 saturated carbocycles. The molecule has 38 heavy (non-hydrogen) atoms. The number of fused-ring (bicyclic) bond motifs is 1.